The van der Waals surface area contributed by atoms with Crippen LogP contribution in [0.5, 0.6) is 0 Å². The van der Waals surface area contributed by atoms with E-state index in [9.17, 15) is 8.42 Å². The summed E-state index contributed by atoms with van der Waals surface area (Å²) in [7, 11) is -3.79. The molecule has 2 heterocycles. The minimum absolute atomic E-state index is 0.107. The van der Waals surface area contributed by atoms with E-state index < -0.39 is 10.0 Å². The molecule has 0 unspecified atom stereocenters. The third-order valence-corrected chi connectivity index (χ3v) is 7.32. The van der Waals surface area contributed by atoms with Crippen LogP contribution in [0.15, 0.2) is 34.5 Å². The number of benzene rings is 1. The summed E-state index contributed by atoms with van der Waals surface area (Å²) < 4.78 is 27.4. The Kier molecular flexibility index (Phi) is 4.61. The molecule has 0 saturated heterocycles. The molecular formula is C13H9Cl2N3O2S3. The first-order chi connectivity index (χ1) is 10.9. The fraction of sp³-hybridized carbons (Fsp3) is 0.0769. The van der Waals surface area contributed by atoms with E-state index in [1.54, 1.807) is 25.1 Å². The molecule has 10 heteroatoms. The third kappa shape index (κ3) is 3.36. The van der Waals surface area contributed by atoms with E-state index in [1.807, 2.05) is 5.38 Å². The highest BCUT2D eigenvalue weighted by atomic mass is 35.5. The minimum atomic E-state index is -3.79. The van der Waals surface area contributed by atoms with Crippen LogP contribution >= 0.6 is 45.9 Å². The van der Waals surface area contributed by atoms with Crippen LogP contribution in [-0.4, -0.2) is 18.6 Å². The number of nitrogens with zero attached hydrogens (tertiary/aromatic N) is 2. The maximum atomic E-state index is 12.5. The zero-order valence-electron chi connectivity index (χ0n) is 11.6. The lowest BCUT2D eigenvalue weighted by molar-refractivity contribution is 0.600. The summed E-state index contributed by atoms with van der Waals surface area (Å²) in [5, 5.41) is 11.4. The predicted octanol–water partition coefficient (Wildman–Crippen LogP) is 4.68. The maximum Gasteiger partial charge on any atom is 0.264 e. The van der Waals surface area contributed by atoms with Gasteiger partial charge in [-0.15, -0.1) is 21.5 Å². The Balaban J connectivity index is 1.91. The van der Waals surface area contributed by atoms with Gasteiger partial charge in [0.05, 0.1) is 14.8 Å². The normalized spacial score (nSPS) is 11.6. The zero-order chi connectivity index (χ0) is 16.6. The Morgan fingerprint density at radius 2 is 1.91 bits per heavy atom. The monoisotopic (exact) mass is 405 g/mol. The minimum Gasteiger partial charge on any atom is -0.253 e. The van der Waals surface area contributed by atoms with Gasteiger partial charge in [-0.05, 0) is 36.1 Å². The second kappa shape index (κ2) is 6.37. The second-order valence-electron chi connectivity index (χ2n) is 4.48. The van der Waals surface area contributed by atoms with Gasteiger partial charge in [-0.1, -0.05) is 40.6 Å². The molecule has 0 bridgehead atoms. The lowest BCUT2D eigenvalue weighted by Gasteiger charge is -2.08. The standard InChI is InChI=1S/C13H9Cl2N3O2S3/c1-7-8(14)3-2-4-10(7)23(19,20)18-13-17-16-12(22-13)11-9(15)5-6-21-11/h2-6H,1H3,(H,17,18). The van der Waals surface area contributed by atoms with Crippen molar-refractivity contribution in [1.29, 1.82) is 0 Å². The first kappa shape index (κ1) is 16.7. The molecule has 0 amide bonds. The largest absolute Gasteiger partial charge is 0.264 e. The predicted molar refractivity (Wildman–Crippen MR) is 95.2 cm³/mol. The summed E-state index contributed by atoms with van der Waals surface area (Å²) in [6.45, 7) is 1.65. The Morgan fingerprint density at radius 3 is 2.61 bits per heavy atom. The number of thiophene rings is 1. The van der Waals surface area contributed by atoms with E-state index in [0.717, 1.165) is 16.2 Å². The SMILES string of the molecule is Cc1c(Cl)cccc1S(=O)(=O)Nc1nnc(-c2sccc2Cl)s1. The smallest absolute Gasteiger partial charge is 0.253 e. The van der Waals surface area contributed by atoms with Crippen molar-refractivity contribution in [3.8, 4) is 9.88 Å². The summed E-state index contributed by atoms with van der Waals surface area (Å²) in [5.41, 5.74) is 0.479. The quantitative estimate of drug-likeness (QED) is 0.683. The van der Waals surface area contributed by atoms with Crippen molar-refractivity contribution in [3.05, 3.63) is 45.3 Å². The van der Waals surface area contributed by atoms with Crippen LogP contribution < -0.4 is 4.72 Å². The topological polar surface area (TPSA) is 72.0 Å². The van der Waals surface area contributed by atoms with Gasteiger partial charge in [-0.2, -0.15) is 0 Å². The zero-order valence-corrected chi connectivity index (χ0v) is 15.5. The summed E-state index contributed by atoms with van der Waals surface area (Å²) in [6, 6.07) is 6.46. The summed E-state index contributed by atoms with van der Waals surface area (Å²) in [6.07, 6.45) is 0. The van der Waals surface area contributed by atoms with Crippen molar-refractivity contribution < 1.29 is 8.42 Å². The van der Waals surface area contributed by atoms with Crippen LogP contribution in [0.4, 0.5) is 5.13 Å². The van der Waals surface area contributed by atoms with E-state index in [4.69, 9.17) is 23.2 Å². The van der Waals surface area contributed by atoms with Gasteiger partial charge in [-0.3, -0.25) is 4.72 Å². The van der Waals surface area contributed by atoms with Crippen molar-refractivity contribution in [2.45, 2.75) is 11.8 Å². The molecule has 0 fully saturated rings. The van der Waals surface area contributed by atoms with Crippen molar-refractivity contribution in [2.24, 2.45) is 0 Å². The van der Waals surface area contributed by atoms with Crippen LogP contribution in [0.2, 0.25) is 10.0 Å². The molecule has 0 aliphatic heterocycles. The molecule has 0 atom stereocenters. The van der Waals surface area contributed by atoms with Crippen molar-refractivity contribution in [1.82, 2.24) is 10.2 Å². The number of hydrogen-bond acceptors (Lipinski definition) is 6. The Hall–Kier alpha value is -1.19. The molecule has 1 aromatic carbocycles. The fourth-order valence-electron chi connectivity index (χ4n) is 1.85. The molecule has 0 spiro atoms. The molecule has 0 aliphatic carbocycles. The Bertz CT molecular complexity index is 967. The van der Waals surface area contributed by atoms with Gasteiger partial charge in [0.2, 0.25) is 5.13 Å². The molecule has 0 saturated carbocycles. The average Bonchev–Trinajstić information content (AvgIpc) is 3.10. The van der Waals surface area contributed by atoms with Crippen LogP contribution in [0.3, 0.4) is 0 Å². The van der Waals surface area contributed by atoms with Crippen LogP contribution in [0, 0.1) is 6.92 Å². The molecule has 2 aromatic heterocycles. The van der Waals surface area contributed by atoms with E-state index in [1.165, 1.54) is 17.4 Å². The van der Waals surface area contributed by atoms with Gasteiger partial charge in [0.15, 0.2) is 5.01 Å². The Labute approximate surface area is 151 Å². The van der Waals surface area contributed by atoms with Gasteiger partial charge in [0, 0.05) is 5.02 Å². The van der Waals surface area contributed by atoms with E-state index >= 15 is 0 Å². The molecule has 3 rings (SSSR count). The molecule has 120 valence electrons. The summed E-state index contributed by atoms with van der Waals surface area (Å²) >= 11 is 14.6. The number of sulfonamides is 1. The molecule has 0 aliphatic rings. The van der Waals surface area contributed by atoms with Crippen LogP contribution in [0.1, 0.15) is 5.56 Å². The second-order valence-corrected chi connectivity index (χ2v) is 8.84. The molecule has 0 radical (unpaired) electrons. The lowest BCUT2D eigenvalue weighted by Crippen LogP contribution is -2.14. The van der Waals surface area contributed by atoms with Crippen molar-refractivity contribution >= 4 is 61.0 Å². The molecular weight excluding hydrogens is 397 g/mol. The first-order valence-corrected chi connectivity index (χ1v) is 10.2. The van der Waals surface area contributed by atoms with Crippen LogP contribution in [-0.2, 0) is 10.0 Å². The average molecular weight is 406 g/mol. The first-order valence-electron chi connectivity index (χ1n) is 6.23. The van der Waals surface area contributed by atoms with E-state index in [2.05, 4.69) is 14.9 Å². The highest BCUT2D eigenvalue weighted by molar-refractivity contribution is 7.93. The highest BCUT2D eigenvalue weighted by Gasteiger charge is 2.21. The van der Waals surface area contributed by atoms with Crippen molar-refractivity contribution in [2.75, 3.05) is 4.72 Å². The Morgan fingerprint density at radius 1 is 1.13 bits per heavy atom. The third-order valence-electron chi connectivity index (χ3n) is 2.97. The fourth-order valence-corrected chi connectivity index (χ4v) is 5.63. The van der Waals surface area contributed by atoms with E-state index in [0.29, 0.717) is 20.6 Å². The number of halogens is 2. The number of anilines is 1. The lowest BCUT2D eigenvalue weighted by atomic mass is 10.2. The summed E-state index contributed by atoms with van der Waals surface area (Å²) in [4.78, 5) is 0.865. The van der Waals surface area contributed by atoms with Crippen molar-refractivity contribution in [3.63, 3.8) is 0 Å². The molecule has 23 heavy (non-hydrogen) atoms. The van der Waals surface area contributed by atoms with E-state index in [-0.39, 0.29) is 10.0 Å². The molecule has 5 nitrogen and oxygen atoms in total. The number of rotatable bonds is 4. The van der Waals surface area contributed by atoms with Gasteiger partial charge < -0.3 is 0 Å². The number of hydrogen-bond donors (Lipinski definition) is 1. The van der Waals surface area contributed by atoms with Gasteiger partial charge >= 0.3 is 0 Å². The van der Waals surface area contributed by atoms with Gasteiger partial charge in [0.1, 0.15) is 0 Å². The van der Waals surface area contributed by atoms with Gasteiger partial charge in [0.25, 0.3) is 10.0 Å². The van der Waals surface area contributed by atoms with Gasteiger partial charge in [-0.25, -0.2) is 8.42 Å². The van der Waals surface area contributed by atoms with Crippen LogP contribution in [0.25, 0.3) is 9.88 Å². The highest BCUT2D eigenvalue weighted by Crippen LogP contribution is 2.36. The maximum absolute atomic E-state index is 12.5. The molecule has 3 aromatic rings. The number of aromatic nitrogens is 2. The summed E-state index contributed by atoms with van der Waals surface area (Å²) in [5.74, 6) is 0. The number of nitrogens with one attached hydrogen (secondary N) is 1. The molecule has 1 N–H and O–H groups in total.